The number of fused-ring (bicyclic) bond motifs is 1. The molecule has 1 aromatic carbocycles. The fraction of sp³-hybridized carbons (Fsp3) is 0.231. The number of nitrogens with zero attached hydrogens (tertiary/aromatic N) is 2. The highest BCUT2D eigenvalue weighted by molar-refractivity contribution is 5.99. The number of amides is 2. The van der Waals surface area contributed by atoms with Crippen LogP contribution in [0, 0.1) is 0 Å². The SMILES string of the molecule is CCN(C)C(=O)Nc1cccc2cccnc12. The molecule has 88 valence electrons. The Bertz CT molecular complexity index is 534. The molecule has 0 atom stereocenters. The van der Waals surface area contributed by atoms with E-state index in [0.717, 1.165) is 16.6 Å². The van der Waals surface area contributed by atoms with Gasteiger partial charge in [-0.2, -0.15) is 0 Å². The summed E-state index contributed by atoms with van der Waals surface area (Å²) in [6.45, 7) is 2.60. The highest BCUT2D eigenvalue weighted by Crippen LogP contribution is 2.20. The molecule has 0 bridgehead atoms. The summed E-state index contributed by atoms with van der Waals surface area (Å²) in [5, 5.41) is 3.88. The zero-order valence-corrected chi connectivity index (χ0v) is 9.97. The van der Waals surface area contributed by atoms with Crippen LogP contribution in [0.3, 0.4) is 0 Å². The van der Waals surface area contributed by atoms with Crippen LogP contribution < -0.4 is 5.32 Å². The summed E-state index contributed by atoms with van der Waals surface area (Å²) in [6.07, 6.45) is 1.72. The lowest BCUT2D eigenvalue weighted by Crippen LogP contribution is -2.31. The molecule has 17 heavy (non-hydrogen) atoms. The molecule has 1 N–H and O–H groups in total. The molecule has 2 rings (SSSR count). The number of hydrogen-bond acceptors (Lipinski definition) is 2. The van der Waals surface area contributed by atoms with Crippen LogP contribution in [0.25, 0.3) is 10.9 Å². The topological polar surface area (TPSA) is 45.2 Å². The Morgan fingerprint density at radius 3 is 2.88 bits per heavy atom. The standard InChI is InChI=1S/C13H15N3O/c1-3-16(2)13(17)15-11-8-4-6-10-7-5-9-14-12(10)11/h4-9H,3H2,1-2H3,(H,15,17). The van der Waals surface area contributed by atoms with Crippen LogP contribution in [0.5, 0.6) is 0 Å². The van der Waals surface area contributed by atoms with Crippen LogP contribution in [0.2, 0.25) is 0 Å². The van der Waals surface area contributed by atoms with Gasteiger partial charge in [-0.3, -0.25) is 4.98 Å². The molecule has 0 aliphatic carbocycles. The number of carbonyl (C=O) groups excluding carboxylic acids is 1. The zero-order valence-electron chi connectivity index (χ0n) is 9.97. The molecule has 4 heteroatoms. The van der Waals surface area contributed by atoms with E-state index in [2.05, 4.69) is 10.3 Å². The summed E-state index contributed by atoms with van der Waals surface area (Å²) < 4.78 is 0. The molecule has 2 amide bonds. The number of rotatable bonds is 2. The van der Waals surface area contributed by atoms with E-state index in [9.17, 15) is 4.79 Å². The number of benzene rings is 1. The Kier molecular flexibility index (Phi) is 3.23. The van der Waals surface area contributed by atoms with Gasteiger partial charge >= 0.3 is 6.03 Å². The molecular formula is C13H15N3O. The average molecular weight is 229 g/mol. The number of urea groups is 1. The molecule has 2 aromatic rings. The Morgan fingerprint density at radius 1 is 1.35 bits per heavy atom. The summed E-state index contributed by atoms with van der Waals surface area (Å²) >= 11 is 0. The Morgan fingerprint density at radius 2 is 2.12 bits per heavy atom. The molecule has 0 spiro atoms. The van der Waals surface area contributed by atoms with Crippen LogP contribution >= 0.6 is 0 Å². The van der Waals surface area contributed by atoms with Gasteiger partial charge in [0, 0.05) is 25.2 Å². The van der Waals surface area contributed by atoms with Gasteiger partial charge in [-0.1, -0.05) is 18.2 Å². The second-order valence-electron chi connectivity index (χ2n) is 3.83. The van der Waals surface area contributed by atoms with Gasteiger partial charge < -0.3 is 10.2 Å². The van der Waals surface area contributed by atoms with Crippen LogP contribution in [-0.4, -0.2) is 29.5 Å². The van der Waals surface area contributed by atoms with Gasteiger partial charge in [-0.25, -0.2) is 4.79 Å². The number of anilines is 1. The third-order valence-electron chi connectivity index (χ3n) is 2.70. The second-order valence-corrected chi connectivity index (χ2v) is 3.83. The van der Waals surface area contributed by atoms with E-state index in [0.29, 0.717) is 6.54 Å². The van der Waals surface area contributed by atoms with Crippen molar-refractivity contribution in [2.24, 2.45) is 0 Å². The normalized spacial score (nSPS) is 10.2. The van der Waals surface area contributed by atoms with Crippen molar-refractivity contribution in [1.29, 1.82) is 0 Å². The lowest BCUT2D eigenvalue weighted by atomic mass is 10.2. The molecule has 0 aliphatic heterocycles. The number of para-hydroxylation sites is 1. The zero-order chi connectivity index (χ0) is 12.3. The van der Waals surface area contributed by atoms with Gasteiger partial charge in [0.05, 0.1) is 11.2 Å². The van der Waals surface area contributed by atoms with Gasteiger partial charge in [0.1, 0.15) is 0 Å². The van der Waals surface area contributed by atoms with E-state index in [1.54, 1.807) is 18.1 Å². The first-order valence-electron chi connectivity index (χ1n) is 5.58. The number of pyridine rings is 1. The van der Waals surface area contributed by atoms with Crippen molar-refractivity contribution >= 4 is 22.6 Å². The van der Waals surface area contributed by atoms with E-state index >= 15 is 0 Å². The highest BCUT2D eigenvalue weighted by Gasteiger charge is 2.08. The molecule has 1 aromatic heterocycles. The fourth-order valence-electron chi connectivity index (χ4n) is 1.56. The third-order valence-corrected chi connectivity index (χ3v) is 2.70. The largest absolute Gasteiger partial charge is 0.328 e. The van der Waals surface area contributed by atoms with Gasteiger partial charge in [0.2, 0.25) is 0 Å². The lowest BCUT2D eigenvalue weighted by Gasteiger charge is -2.16. The van der Waals surface area contributed by atoms with Crippen molar-refractivity contribution in [2.75, 3.05) is 18.9 Å². The van der Waals surface area contributed by atoms with Gasteiger partial charge in [0.25, 0.3) is 0 Å². The van der Waals surface area contributed by atoms with E-state index in [1.807, 2.05) is 37.3 Å². The van der Waals surface area contributed by atoms with E-state index in [1.165, 1.54) is 0 Å². The number of aromatic nitrogens is 1. The summed E-state index contributed by atoms with van der Waals surface area (Å²) in [4.78, 5) is 17.7. The molecule has 4 nitrogen and oxygen atoms in total. The third kappa shape index (κ3) is 2.36. The van der Waals surface area contributed by atoms with Crippen molar-refractivity contribution in [3.05, 3.63) is 36.5 Å². The smallest absolute Gasteiger partial charge is 0.321 e. The predicted octanol–water partition coefficient (Wildman–Crippen LogP) is 2.72. The van der Waals surface area contributed by atoms with E-state index < -0.39 is 0 Å². The summed E-state index contributed by atoms with van der Waals surface area (Å²) in [5.74, 6) is 0. The van der Waals surface area contributed by atoms with E-state index in [4.69, 9.17) is 0 Å². The van der Waals surface area contributed by atoms with Crippen LogP contribution in [0.4, 0.5) is 10.5 Å². The Balaban J connectivity index is 2.33. The Hall–Kier alpha value is -2.10. The minimum Gasteiger partial charge on any atom is -0.328 e. The first-order chi connectivity index (χ1) is 8.22. The second kappa shape index (κ2) is 4.82. The number of nitrogens with one attached hydrogen (secondary N) is 1. The molecular weight excluding hydrogens is 214 g/mol. The molecule has 0 aliphatic rings. The molecule has 0 saturated heterocycles. The Labute approximate surface area is 100 Å². The first-order valence-corrected chi connectivity index (χ1v) is 5.58. The van der Waals surface area contributed by atoms with Crippen LogP contribution in [-0.2, 0) is 0 Å². The maximum atomic E-state index is 11.8. The molecule has 0 radical (unpaired) electrons. The number of carbonyl (C=O) groups is 1. The van der Waals surface area contributed by atoms with Gasteiger partial charge in [-0.15, -0.1) is 0 Å². The minimum atomic E-state index is -0.120. The molecule has 0 saturated carbocycles. The number of hydrogen-bond donors (Lipinski definition) is 1. The van der Waals surface area contributed by atoms with E-state index in [-0.39, 0.29) is 6.03 Å². The van der Waals surface area contributed by atoms with Crippen LogP contribution in [0.1, 0.15) is 6.92 Å². The predicted molar refractivity (Wildman–Crippen MR) is 69.1 cm³/mol. The van der Waals surface area contributed by atoms with Gasteiger partial charge in [0.15, 0.2) is 0 Å². The fourth-order valence-corrected chi connectivity index (χ4v) is 1.56. The highest BCUT2D eigenvalue weighted by atomic mass is 16.2. The maximum Gasteiger partial charge on any atom is 0.321 e. The maximum absolute atomic E-state index is 11.8. The first kappa shape index (κ1) is 11.4. The summed E-state index contributed by atoms with van der Waals surface area (Å²) in [5.41, 5.74) is 1.56. The average Bonchev–Trinajstić information content (AvgIpc) is 2.38. The minimum absolute atomic E-state index is 0.120. The molecule has 1 heterocycles. The van der Waals surface area contributed by atoms with Crippen molar-refractivity contribution in [1.82, 2.24) is 9.88 Å². The van der Waals surface area contributed by atoms with Crippen LogP contribution in [0.15, 0.2) is 36.5 Å². The van der Waals surface area contributed by atoms with Crippen molar-refractivity contribution < 1.29 is 4.79 Å². The summed E-state index contributed by atoms with van der Waals surface area (Å²) in [6, 6.07) is 9.47. The van der Waals surface area contributed by atoms with Gasteiger partial charge in [-0.05, 0) is 19.1 Å². The monoisotopic (exact) mass is 229 g/mol. The van der Waals surface area contributed by atoms with Crippen molar-refractivity contribution in [3.8, 4) is 0 Å². The summed E-state index contributed by atoms with van der Waals surface area (Å²) in [7, 11) is 1.76. The molecule has 0 unspecified atom stereocenters. The van der Waals surface area contributed by atoms with Crippen molar-refractivity contribution in [2.45, 2.75) is 6.92 Å². The van der Waals surface area contributed by atoms with Crippen molar-refractivity contribution in [3.63, 3.8) is 0 Å². The lowest BCUT2D eigenvalue weighted by molar-refractivity contribution is 0.224. The quantitative estimate of drug-likeness (QED) is 0.860. The molecule has 0 fully saturated rings.